The Morgan fingerprint density at radius 2 is 1.93 bits per heavy atom. The summed E-state index contributed by atoms with van der Waals surface area (Å²) < 4.78 is 5.37. The van der Waals surface area contributed by atoms with Gasteiger partial charge in [0.2, 0.25) is 0 Å². The molecule has 0 unspecified atom stereocenters. The Morgan fingerprint density at radius 3 is 2.71 bits per heavy atom. The molecule has 3 aromatic rings. The molecule has 2 aromatic heterocycles. The molecule has 0 aliphatic carbocycles. The van der Waals surface area contributed by atoms with Crippen molar-refractivity contribution in [3.63, 3.8) is 0 Å². The number of morpholine rings is 1. The number of hydrogen-bond acceptors (Lipinski definition) is 5. The second-order valence-corrected chi connectivity index (χ2v) is 7.02. The molecule has 0 radical (unpaired) electrons. The fraction of sp³-hybridized carbons (Fsp3) is 0.318. The number of fused-ring (bicyclic) bond motifs is 1. The molecular weight excluding hydrogens is 352 g/mol. The van der Waals surface area contributed by atoms with Gasteiger partial charge in [-0.2, -0.15) is 0 Å². The summed E-state index contributed by atoms with van der Waals surface area (Å²) in [5, 5.41) is 3.95. The molecule has 1 aromatic carbocycles. The van der Waals surface area contributed by atoms with Crippen LogP contribution in [-0.2, 0) is 4.74 Å². The zero-order valence-electron chi connectivity index (χ0n) is 16.0. The first kappa shape index (κ1) is 18.5. The van der Waals surface area contributed by atoms with Crippen LogP contribution in [0.15, 0.2) is 48.8 Å². The van der Waals surface area contributed by atoms with Crippen LogP contribution in [-0.4, -0.2) is 60.2 Å². The van der Waals surface area contributed by atoms with Gasteiger partial charge in [-0.15, -0.1) is 0 Å². The van der Waals surface area contributed by atoms with Gasteiger partial charge < -0.3 is 10.1 Å². The van der Waals surface area contributed by atoms with E-state index in [4.69, 9.17) is 9.72 Å². The van der Waals surface area contributed by atoms with Crippen molar-refractivity contribution in [3.8, 4) is 11.3 Å². The van der Waals surface area contributed by atoms with Crippen LogP contribution in [0.4, 0.5) is 0 Å². The highest BCUT2D eigenvalue weighted by molar-refractivity contribution is 6.07. The monoisotopic (exact) mass is 376 g/mol. The van der Waals surface area contributed by atoms with E-state index in [0.29, 0.717) is 12.1 Å². The quantitative estimate of drug-likeness (QED) is 0.742. The number of pyridine rings is 2. The minimum absolute atomic E-state index is 0.0680. The standard InChI is InChI=1S/C22H24N4O2/c1-16-2-3-20-18(14-16)19(15-21(25-20)17-4-6-23-7-5-17)22(27)24-8-9-26-10-12-28-13-11-26/h2-7,14-15H,8-13H2,1H3,(H,24,27). The van der Waals surface area contributed by atoms with E-state index in [9.17, 15) is 4.79 Å². The van der Waals surface area contributed by atoms with Crippen LogP contribution in [0.3, 0.4) is 0 Å². The van der Waals surface area contributed by atoms with E-state index in [1.807, 2.05) is 43.3 Å². The molecule has 6 nitrogen and oxygen atoms in total. The zero-order chi connectivity index (χ0) is 19.3. The van der Waals surface area contributed by atoms with Crippen molar-refractivity contribution in [2.45, 2.75) is 6.92 Å². The smallest absolute Gasteiger partial charge is 0.252 e. The number of benzene rings is 1. The lowest BCUT2D eigenvalue weighted by atomic mass is 10.0. The van der Waals surface area contributed by atoms with Crippen LogP contribution in [0.1, 0.15) is 15.9 Å². The van der Waals surface area contributed by atoms with Crippen LogP contribution < -0.4 is 5.32 Å². The van der Waals surface area contributed by atoms with Gasteiger partial charge in [-0.05, 0) is 37.3 Å². The Labute approximate surface area is 164 Å². The SMILES string of the molecule is Cc1ccc2nc(-c3ccncc3)cc(C(=O)NCCN3CCOCC3)c2c1. The van der Waals surface area contributed by atoms with Gasteiger partial charge in [-0.25, -0.2) is 4.98 Å². The predicted molar refractivity (Wildman–Crippen MR) is 109 cm³/mol. The maximum atomic E-state index is 13.0. The largest absolute Gasteiger partial charge is 0.379 e. The van der Waals surface area contributed by atoms with Crippen LogP contribution in [0.2, 0.25) is 0 Å². The van der Waals surface area contributed by atoms with Crippen LogP contribution in [0.5, 0.6) is 0 Å². The summed E-state index contributed by atoms with van der Waals surface area (Å²) in [7, 11) is 0. The van der Waals surface area contributed by atoms with Gasteiger partial charge in [0.15, 0.2) is 0 Å². The second kappa shape index (κ2) is 8.46. The first-order valence-corrected chi connectivity index (χ1v) is 9.61. The number of nitrogens with one attached hydrogen (secondary N) is 1. The number of aromatic nitrogens is 2. The third-order valence-corrected chi connectivity index (χ3v) is 5.00. The van der Waals surface area contributed by atoms with E-state index in [-0.39, 0.29) is 5.91 Å². The number of rotatable bonds is 5. The fourth-order valence-corrected chi connectivity index (χ4v) is 3.45. The highest BCUT2D eigenvalue weighted by Gasteiger charge is 2.15. The molecule has 1 fully saturated rings. The molecule has 1 aliphatic heterocycles. The summed E-state index contributed by atoms with van der Waals surface area (Å²) in [6.45, 7) is 6.82. The van der Waals surface area contributed by atoms with Gasteiger partial charge >= 0.3 is 0 Å². The summed E-state index contributed by atoms with van der Waals surface area (Å²) in [5.74, 6) is -0.0680. The lowest BCUT2D eigenvalue weighted by Gasteiger charge is -2.26. The lowest BCUT2D eigenvalue weighted by Crippen LogP contribution is -2.41. The average Bonchev–Trinajstić information content (AvgIpc) is 2.74. The van der Waals surface area contributed by atoms with Gasteiger partial charge in [0.25, 0.3) is 5.91 Å². The summed E-state index contributed by atoms with van der Waals surface area (Å²) in [6, 6.07) is 11.7. The van der Waals surface area contributed by atoms with Crippen molar-refractivity contribution in [3.05, 3.63) is 59.9 Å². The van der Waals surface area contributed by atoms with Crippen LogP contribution in [0, 0.1) is 6.92 Å². The third-order valence-electron chi connectivity index (χ3n) is 5.00. The van der Waals surface area contributed by atoms with Gasteiger partial charge in [-0.3, -0.25) is 14.7 Å². The number of amides is 1. The van der Waals surface area contributed by atoms with Crippen LogP contribution >= 0.6 is 0 Å². The van der Waals surface area contributed by atoms with Crippen molar-refractivity contribution in [1.29, 1.82) is 0 Å². The van der Waals surface area contributed by atoms with Crippen LogP contribution in [0.25, 0.3) is 22.2 Å². The highest BCUT2D eigenvalue weighted by atomic mass is 16.5. The molecule has 3 heterocycles. The summed E-state index contributed by atoms with van der Waals surface area (Å²) >= 11 is 0. The molecule has 0 bridgehead atoms. The summed E-state index contributed by atoms with van der Waals surface area (Å²) in [4.78, 5) is 24.1. The minimum atomic E-state index is -0.0680. The van der Waals surface area contributed by atoms with Crippen molar-refractivity contribution in [1.82, 2.24) is 20.2 Å². The fourth-order valence-electron chi connectivity index (χ4n) is 3.45. The van der Waals surface area contributed by atoms with Gasteiger partial charge in [0, 0.05) is 49.5 Å². The normalized spacial score (nSPS) is 14.9. The molecule has 1 saturated heterocycles. The maximum absolute atomic E-state index is 13.0. The minimum Gasteiger partial charge on any atom is -0.379 e. The maximum Gasteiger partial charge on any atom is 0.252 e. The number of carbonyl (C=O) groups excluding carboxylic acids is 1. The molecule has 6 heteroatoms. The van der Waals surface area contributed by atoms with E-state index >= 15 is 0 Å². The molecule has 0 atom stereocenters. The van der Waals surface area contributed by atoms with Crippen molar-refractivity contribution < 1.29 is 9.53 Å². The average molecular weight is 376 g/mol. The Kier molecular flexibility index (Phi) is 5.60. The van der Waals surface area contributed by atoms with E-state index in [0.717, 1.165) is 60.6 Å². The van der Waals surface area contributed by atoms with Gasteiger partial charge in [0.1, 0.15) is 0 Å². The van der Waals surface area contributed by atoms with Crippen molar-refractivity contribution in [2.75, 3.05) is 39.4 Å². The van der Waals surface area contributed by atoms with E-state index in [1.165, 1.54) is 0 Å². The second-order valence-electron chi connectivity index (χ2n) is 7.02. The molecular formula is C22H24N4O2. The molecule has 0 spiro atoms. The Hall–Kier alpha value is -2.83. The number of carbonyl (C=O) groups is 1. The Balaban J connectivity index is 1.60. The number of ether oxygens (including phenoxy) is 1. The van der Waals surface area contributed by atoms with Gasteiger partial charge in [0.05, 0.1) is 30.0 Å². The number of nitrogens with zero attached hydrogens (tertiary/aromatic N) is 3. The molecule has 144 valence electrons. The molecule has 28 heavy (non-hydrogen) atoms. The topological polar surface area (TPSA) is 67.4 Å². The van der Waals surface area contributed by atoms with E-state index in [2.05, 4.69) is 15.2 Å². The predicted octanol–water partition coefficient (Wildman–Crippen LogP) is 2.67. The number of aryl methyl sites for hydroxylation is 1. The molecule has 0 saturated carbocycles. The first-order chi connectivity index (χ1) is 13.7. The van der Waals surface area contributed by atoms with Crippen molar-refractivity contribution in [2.24, 2.45) is 0 Å². The lowest BCUT2D eigenvalue weighted by molar-refractivity contribution is 0.0383. The van der Waals surface area contributed by atoms with Crippen molar-refractivity contribution >= 4 is 16.8 Å². The van der Waals surface area contributed by atoms with E-state index < -0.39 is 0 Å². The van der Waals surface area contributed by atoms with Gasteiger partial charge in [-0.1, -0.05) is 11.6 Å². The third kappa shape index (κ3) is 4.18. The Morgan fingerprint density at radius 1 is 1.14 bits per heavy atom. The highest BCUT2D eigenvalue weighted by Crippen LogP contribution is 2.25. The first-order valence-electron chi connectivity index (χ1n) is 9.61. The Bertz CT molecular complexity index is 969. The summed E-state index contributed by atoms with van der Waals surface area (Å²) in [6.07, 6.45) is 3.47. The van der Waals surface area contributed by atoms with E-state index in [1.54, 1.807) is 12.4 Å². The number of hydrogen-bond donors (Lipinski definition) is 1. The molecule has 4 rings (SSSR count). The zero-order valence-corrected chi connectivity index (χ0v) is 16.0. The molecule has 1 amide bonds. The summed E-state index contributed by atoms with van der Waals surface area (Å²) in [5.41, 5.74) is 4.30. The molecule has 1 N–H and O–H groups in total. The molecule has 1 aliphatic rings.